The number of H-pyrrole nitrogens is 1. The second-order valence-electron chi connectivity index (χ2n) is 6.07. The molecule has 0 atom stereocenters. The van der Waals surface area contributed by atoms with Crippen LogP contribution >= 0.6 is 23.6 Å². The average molecular weight is 419 g/mol. The molecule has 1 aromatic carbocycles. The molecule has 0 aliphatic rings. The Labute approximate surface area is 172 Å². The molecule has 3 rings (SSSR count). The third kappa shape index (κ3) is 4.99. The Bertz CT molecular complexity index is 948. The molecule has 0 aliphatic heterocycles. The van der Waals surface area contributed by atoms with Crippen molar-refractivity contribution in [1.29, 1.82) is 0 Å². The van der Waals surface area contributed by atoms with Gasteiger partial charge in [-0.05, 0) is 47.9 Å². The Morgan fingerprint density at radius 3 is 2.71 bits per heavy atom. The monoisotopic (exact) mass is 418 g/mol. The SMILES string of the molecule is COc1ccc(OCCN(C)C(=O)CCn2c(-c3cccs3)n[nH]c2=S)cc1. The highest BCUT2D eigenvalue weighted by atomic mass is 32.1. The number of methoxy groups -OCH3 is 1. The molecule has 0 spiro atoms. The van der Waals surface area contributed by atoms with Gasteiger partial charge >= 0.3 is 0 Å². The number of amides is 1. The smallest absolute Gasteiger partial charge is 0.224 e. The molecule has 3 aromatic rings. The lowest BCUT2D eigenvalue weighted by Crippen LogP contribution is -2.31. The van der Waals surface area contributed by atoms with Gasteiger partial charge in [-0.1, -0.05) is 6.07 Å². The van der Waals surface area contributed by atoms with Crippen molar-refractivity contribution in [2.24, 2.45) is 0 Å². The number of hydrogen-bond acceptors (Lipinski definition) is 6. The maximum atomic E-state index is 12.5. The van der Waals surface area contributed by atoms with Gasteiger partial charge in [0.1, 0.15) is 18.1 Å². The third-order valence-electron chi connectivity index (χ3n) is 4.23. The van der Waals surface area contributed by atoms with E-state index in [1.165, 1.54) is 0 Å². The van der Waals surface area contributed by atoms with Gasteiger partial charge in [0.25, 0.3) is 0 Å². The van der Waals surface area contributed by atoms with Crippen molar-refractivity contribution < 1.29 is 14.3 Å². The number of nitrogens with zero attached hydrogens (tertiary/aromatic N) is 3. The van der Waals surface area contributed by atoms with Gasteiger partial charge in [-0.2, -0.15) is 5.10 Å². The number of benzene rings is 1. The summed E-state index contributed by atoms with van der Waals surface area (Å²) < 4.78 is 13.2. The first-order valence-electron chi connectivity index (χ1n) is 8.78. The van der Waals surface area contributed by atoms with Crippen molar-refractivity contribution >= 4 is 29.5 Å². The average Bonchev–Trinajstić information content (AvgIpc) is 3.36. The first-order valence-corrected chi connectivity index (χ1v) is 10.1. The number of rotatable bonds is 9. The second-order valence-corrected chi connectivity index (χ2v) is 7.40. The molecule has 1 N–H and O–H groups in total. The van der Waals surface area contributed by atoms with Crippen molar-refractivity contribution in [2.45, 2.75) is 13.0 Å². The highest BCUT2D eigenvalue weighted by Gasteiger charge is 2.13. The van der Waals surface area contributed by atoms with Gasteiger partial charge in [0.15, 0.2) is 10.6 Å². The van der Waals surface area contributed by atoms with Crippen molar-refractivity contribution in [1.82, 2.24) is 19.7 Å². The lowest BCUT2D eigenvalue weighted by Gasteiger charge is -2.18. The number of aromatic nitrogens is 3. The lowest BCUT2D eigenvalue weighted by atomic mass is 10.3. The van der Waals surface area contributed by atoms with Crippen molar-refractivity contribution in [3.05, 3.63) is 46.5 Å². The van der Waals surface area contributed by atoms with E-state index in [1.54, 1.807) is 30.4 Å². The molecular formula is C19H22N4O3S2. The highest BCUT2D eigenvalue weighted by molar-refractivity contribution is 7.71. The molecule has 28 heavy (non-hydrogen) atoms. The Morgan fingerprint density at radius 1 is 1.29 bits per heavy atom. The Hall–Kier alpha value is -2.65. The van der Waals surface area contributed by atoms with Crippen LogP contribution in [0.4, 0.5) is 0 Å². The van der Waals surface area contributed by atoms with Gasteiger partial charge < -0.3 is 14.4 Å². The summed E-state index contributed by atoms with van der Waals surface area (Å²) in [7, 11) is 3.39. The highest BCUT2D eigenvalue weighted by Crippen LogP contribution is 2.23. The molecule has 0 saturated heterocycles. The summed E-state index contributed by atoms with van der Waals surface area (Å²) in [6.07, 6.45) is 0.339. The number of thiophene rings is 1. The topological polar surface area (TPSA) is 72.4 Å². The van der Waals surface area contributed by atoms with E-state index in [0.29, 0.717) is 30.9 Å². The van der Waals surface area contributed by atoms with Gasteiger partial charge in [0.05, 0.1) is 18.5 Å². The predicted octanol–water partition coefficient (Wildman–Crippen LogP) is 3.61. The minimum absolute atomic E-state index is 0.0264. The molecule has 7 nitrogen and oxygen atoms in total. The van der Waals surface area contributed by atoms with Gasteiger partial charge in [-0.3, -0.25) is 14.5 Å². The van der Waals surface area contributed by atoms with Crippen molar-refractivity contribution in [3.8, 4) is 22.2 Å². The zero-order valence-electron chi connectivity index (χ0n) is 15.8. The van der Waals surface area contributed by atoms with E-state index in [4.69, 9.17) is 21.7 Å². The number of likely N-dealkylation sites (N-methyl/N-ethyl adjacent to an activating group) is 1. The molecule has 0 unspecified atom stereocenters. The number of nitrogens with one attached hydrogen (secondary N) is 1. The number of ether oxygens (including phenoxy) is 2. The van der Waals surface area contributed by atoms with Crippen LogP contribution in [0.2, 0.25) is 0 Å². The fraction of sp³-hybridized carbons (Fsp3) is 0.316. The third-order valence-corrected chi connectivity index (χ3v) is 5.41. The summed E-state index contributed by atoms with van der Waals surface area (Å²) in [5.74, 6) is 2.31. The summed E-state index contributed by atoms with van der Waals surface area (Å²) in [6, 6.07) is 11.3. The summed E-state index contributed by atoms with van der Waals surface area (Å²) in [6.45, 7) is 1.39. The van der Waals surface area contributed by atoms with E-state index < -0.39 is 0 Å². The Balaban J connectivity index is 1.48. The van der Waals surface area contributed by atoms with E-state index in [9.17, 15) is 4.79 Å². The van der Waals surface area contributed by atoms with Crippen LogP contribution in [0.25, 0.3) is 10.7 Å². The molecule has 2 aromatic heterocycles. The van der Waals surface area contributed by atoms with Crippen LogP contribution in [-0.4, -0.2) is 52.9 Å². The van der Waals surface area contributed by atoms with Crippen LogP contribution in [0.3, 0.4) is 0 Å². The number of carbonyl (C=O) groups excluding carboxylic acids is 1. The standard InChI is InChI=1S/C19H22N4O3S2/c1-22(11-12-26-15-7-5-14(25-2)6-8-15)17(24)9-10-23-18(20-21-19(23)27)16-4-3-13-28-16/h3-8,13H,9-12H2,1-2H3,(H,21,27). The number of hydrogen-bond donors (Lipinski definition) is 1. The first kappa shape index (κ1) is 20.1. The second kappa shape index (κ2) is 9.52. The summed E-state index contributed by atoms with van der Waals surface area (Å²) >= 11 is 6.89. The quantitative estimate of drug-likeness (QED) is 0.538. The largest absolute Gasteiger partial charge is 0.497 e. The molecule has 0 fully saturated rings. The molecule has 0 saturated carbocycles. The molecule has 9 heteroatoms. The van der Waals surface area contributed by atoms with Crippen LogP contribution in [0, 0.1) is 4.77 Å². The maximum absolute atomic E-state index is 12.5. The maximum Gasteiger partial charge on any atom is 0.224 e. The lowest BCUT2D eigenvalue weighted by molar-refractivity contribution is -0.130. The van der Waals surface area contributed by atoms with E-state index >= 15 is 0 Å². The Morgan fingerprint density at radius 2 is 2.04 bits per heavy atom. The normalized spacial score (nSPS) is 10.6. The molecule has 0 bridgehead atoms. The van der Waals surface area contributed by atoms with Gasteiger partial charge in [0.2, 0.25) is 5.91 Å². The summed E-state index contributed by atoms with van der Waals surface area (Å²) in [5.41, 5.74) is 0. The fourth-order valence-electron chi connectivity index (χ4n) is 2.61. The van der Waals surface area contributed by atoms with Crippen molar-refractivity contribution in [3.63, 3.8) is 0 Å². The molecular weight excluding hydrogens is 396 g/mol. The predicted molar refractivity (Wildman–Crippen MR) is 111 cm³/mol. The van der Waals surface area contributed by atoms with Crippen LogP contribution in [0.5, 0.6) is 11.5 Å². The molecule has 0 aliphatic carbocycles. The van der Waals surface area contributed by atoms with Gasteiger partial charge in [0, 0.05) is 20.0 Å². The van der Waals surface area contributed by atoms with Gasteiger partial charge in [-0.15, -0.1) is 11.3 Å². The zero-order valence-corrected chi connectivity index (χ0v) is 17.4. The minimum Gasteiger partial charge on any atom is -0.497 e. The minimum atomic E-state index is 0.0264. The molecule has 2 heterocycles. The van der Waals surface area contributed by atoms with Gasteiger partial charge in [-0.25, -0.2) is 0 Å². The summed E-state index contributed by atoms with van der Waals surface area (Å²) in [5, 5.41) is 9.07. The number of carbonyl (C=O) groups is 1. The van der Waals surface area contributed by atoms with Crippen LogP contribution in [-0.2, 0) is 11.3 Å². The van der Waals surface area contributed by atoms with Crippen LogP contribution in [0.1, 0.15) is 6.42 Å². The van der Waals surface area contributed by atoms with E-state index in [-0.39, 0.29) is 5.91 Å². The molecule has 148 valence electrons. The fourth-order valence-corrected chi connectivity index (χ4v) is 3.56. The number of aromatic amines is 1. The van der Waals surface area contributed by atoms with Crippen LogP contribution < -0.4 is 9.47 Å². The van der Waals surface area contributed by atoms with Crippen molar-refractivity contribution in [2.75, 3.05) is 27.3 Å². The molecule has 0 radical (unpaired) electrons. The Kier molecular flexibility index (Phi) is 6.83. The summed E-state index contributed by atoms with van der Waals surface area (Å²) in [4.78, 5) is 15.1. The zero-order chi connectivity index (χ0) is 19.9. The van der Waals surface area contributed by atoms with E-state index in [2.05, 4.69) is 10.2 Å². The van der Waals surface area contributed by atoms with Crippen LogP contribution in [0.15, 0.2) is 41.8 Å². The first-order chi connectivity index (χ1) is 13.6. The molecule has 1 amide bonds. The van der Waals surface area contributed by atoms with E-state index in [0.717, 1.165) is 22.2 Å². The van der Waals surface area contributed by atoms with E-state index in [1.807, 2.05) is 46.3 Å².